The van der Waals surface area contributed by atoms with Crippen LogP contribution in [0.1, 0.15) is 0 Å². The summed E-state index contributed by atoms with van der Waals surface area (Å²) in [5.74, 6) is 1.91. The third-order valence-electron chi connectivity index (χ3n) is 10.4. The van der Waals surface area contributed by atoms with Crippen LogP contribution in [0.15, 0.2) is 186 Å². The number of aromatic nitrogens is 4. The third-order valence-corrected chi connectivity index (χ3v) is 10.4. The zero-order chi connectivity index (χ0) is 35.6. The van der Waals surface area contributed by atoms with Gasteiger partial charge in [-0.2, -0.15) is 0 Å². The predicted molar refractivity (Wildman–Crippen MR) is 221 cm³/mol. The van der Waals surface area contributed by atoms with Crippen LogP contribution >= 0.6 is 0 Å². The van der Waals surface area contributed by atoms with Crippen LogP contribution < -0.4 is 0 Å². The van der Waals surface area contributed by atoms with Crippen molar-refractivity contribution in [2.75, 3.05) is 0 Å². The van der Waals surface area contributed by atoms with E-state index in [0.717, 1.165) is 88.0 Å². The van der Waals surface area contributed by atoms with Crippen molar-refractivity contribution in [1.29, 1.82) is 0 Å². The molecule has 0 radical (unpaired) electrons. The highest BCUT2D eigenvalue weighted by molar-refractivity contribution is 6.24. The monoisotopic (exact) mass is 690 g/mol. The molecule has 0 bridgehead atoms. The molecule has 11 rings (SSSR count). The third kappa shape index (κ3) is 4.76. The molecule has 0 aliphatic carbocycles. The first kappa shape index (κ1) is 30.3. The summed E-state index contributed by atoms with van der Waals surface area (Å²) in [5.41, 5.74) is 10.1. The quantitative estimate of drug-likeness (QED) is 0.180. The Balaban J connectivity index is 1.19. The molecule has 0 amide bonds. The van der Waals surface area contributed by atoms with Gasteiger partial charge in [0.25, 0.3) is 0 Å². The van der Waals surface area contributed by atoms with Crippen molar-refractivity contribution >= 4 is 54.5 Å². The second kappa shape index (κ2) is 12.1. The summed E-state index contributed by atoms with van der Waals surface area (Å²) in [6, 6.07) is 63.2. The summed E-state index contributed by atoms with van der Waals surface area (Å²) in [6.07, 6.45) is 0. The van der Waals surface area contributed by atoms with Crippen molar-refractivity contribution in [3.05, 3.63) is 182 Å². The van der Waals surface area contributed by atoms with E-state index in [1.165, 1.54) is 0 Å². The number of furan rings is 1. The van der Waals surface area contributed by atoms with Crippen molar-refractivity contribution in [2.45, 2.75) is 0 Å². The Morgan fingerprint density at radius 3 is 1.72 bits per heavy atom. The molecule has 0 aliphatic heterocycles. The van der Waals surface area contributed by atoms with Gasteiger partial charge in [0.2, 0.25) is 0 Å². The van der Waals surface area contributed by atoms with Crippen LogP contribution in [0.25, 0.3) is 105 Å². The highest BCUT2D eigenvalue weighted by atomic mass is 16.3. The molecular formula is C49H30N4O. The summed E-state index contributed by atoms with van der Waals surface area (Å²) in [5, 5.41) is 6.66. The topological polar surface area (TPSA) is 56.7 Å². The molecule has 0 unspecified atom stereocenters. The number of hydrogen-bond acceptors (Lipinski definition) is 4. The smallest absolute Gasteiger partial charge is 0.164 e. The minimum Gasteiger partial charge on any atom is -0.455 e. The van der Waals surface area contributed by atoms with Crippen LogP contribution in [0.2, 0.25) is 0 Å². The van der Waals surface area contributed by atoms with E-state index in [4.69, 9.17) is 19.4 Å². The molecule has 3 aromatic heterocycles. The van der Waals surface area contributed by atoms with Crippen molar-refractivity contribution in [3.63, 3.8) is 0 Å². The van der Waals surface area contributed by atoms with Crippen LogP contribution in [-0.4, -0.2) is 19.5 Å². The molecule has 0 fully saturated rings. The fourth-order valence-electron chi connectivity index (χ4n) is 8.01. The maximum absolute atomic E-state index is 6.68. The van der Waals surface area contributed by atoms with Crippen molar-refractivity contribution in [1.82, 2.24) is 19.5 Å². The van der Waals surface area contributed by atoms with Gasteiger partial charge in [-0.25, -0.2) is 15.0 Å². The highest BCUT2D eigenvalue weighted by Crippen LogP contribution is 2.43. The molecule has 54 heavy (non-hydrogen) atoms. The number of fused-ring (bicyclic) bond motifs is 8. The van der Waals surface area contributed by atoms with Crippen LogP contribution in [0.4, 0.5) is 0 Å². The van der Waals surface area contributed by atoms with Crippen LogP contribution in [0.3, 0.4) is 0 Å². The Hall–Kier alpha value is -7.37. The Kier molecular flexibility index (Phi) is 6.79. The molecule has 5 nitrogen and oxygen atoms in total. The predicted octanol–water partition coefficient (Wildman–Crippen LogP) is 12.7. The van der Waals surface area contributed by atoms with Gasteiger partial charge in [-0.1, -0.05) is 140 Å². The van der Waals surface area contributed by atoms with Gasteiger partial charge in [0.1, 0.15) is 11.2 Å². The Labute approximate surface area is 310 Å². The minimum atomic E-state index is 0.631. The largest absolute Gasteiger partial charge is 0.455 e. The van der Waals surface area contributed by atoms with E-state index in [-0.39, 0.29) is 0 Å². The Morgan fingerprint density at radius 1 is 0.389 bits per heavy atom. The normalized spacial score (nSPS) is 11.7. The zero-order valence-electron chi connectivity index (χ0n) is 29.0. The summed E-state index contributed by atoms with van der Waals surface area (Å²) in [6.45, 7) is 0. The molecule has 0 aliphatic rings. The SMILES string of the molecule is c1ccc(-c2nc(-c3ccccc3)nc(-c3cccc4cccc(-c5ccc6c(c5)c5c7oc8ccccc8c7ccc5n6-c5ccccc5)c34)n2)cc1. The number of hydrogen-bond donors (Lipinski definition) is 0. The average molecular weight is 691 g/mol. The molecule has 252 valence electrons. The molecule has 0 atom stereocenters. The molecule has 0 N–H and O–H groups in total. The molecule has 0 saturated carbocycles. The molecule has 5 heteroatoms. The van der Waals surface area contributed by atoms with E-state index in [1.807, 2.05) is 72.8 Å². The van der Waals surface area contributed by atoms with E-state index in [1.54, 1.807) is 0 Å². The number of nitrogens with zero attached hydrogens (tertiary/aromatic N) is 4. The van der Waals surface area contributed by atoms with Gasteiger partial charge in [-0.3, -0.25) is 0 Å². The first-order valence-electron chi connectivity index (χ1n) is 18.1. The van der Waals surface area contributed by atoms with Crippen LogP contribution in [0, 0.1) is 0 Å². The van der Waals surface area contributed by atoms with Gasteiger partial charge in [0.05, 0.1) is 16.4 Å². The summed E-state index contributed by atoms with van der Waals surface area (Å²) < 4.78 is 9.02. The van der Waals surface area contributed by atoms with E-state index >= 15 is 0 Å². The number of benzene rings is 8. The van der Waals surface area contributed by atoms with E-state index in [2.05, 4.69) is 114 Å². The molecule has 0 spiro atoms. The van der Waals surface area contributed by atoms with Crippen molar-refractivity contribution < 1.29 is 4.42 Å². The maximum Gasteiger partial charge on any atom is 0.164 e. The van der Waals surface area contributed by atoms with Crippen molar-refractivity contribution in [3.8, 4) is 51.0 Å². The van der Waals surface area contributed by atoms with E-state index < -0.39 is 0 Å². The minimum absolute atomic E-state index is 0.631. The lowest BCUT2D eigenvalue weighted by atomic mass is 9.93. The molecule has 0 saturated heterocycles. The maximum atomic E-state index is 6.68. The molecule has 8 aromatic carbocycles. The summed E-state index contributed by atoms with van der Waals surface area (Å²) in [7, 11) is 0. The van der Waals surface area contributed by atoms with Crippen LogP contribution in [-0.2, 0) is 0 Å². The zero-order valence-corrected chi connectivity index (χ0v) is 29.0. The fraction of sp³-hybridized carbons (Fsp3) is 0. The first-order chi connectivity index (χ1) is 26.8. The van der Waals surface area contributed by atoms with Crippen molar-refractivity contribution in [2.24, 2.45) is 0 Å². The molecule has 11 aromatic rings. The van der Waals surface area contributed by atoms with Gasteiger partial charge in [-0.15, -0.1) is 0 Å². The summed E-state index contributed by atoms with van der Waals surface area (Å²) >= 11 is 0. The lowest BCUT2D eigenvalue weighted by Gasteiger charge is -2.14. The lowest BCUT2D eigenvalue weighted by molar-refractivity contribution is 0.673. The van der Waals surface area contributed by atoms with E-state index in [0.29, 0.717) is 17.5 Å². The molecular weight excluding hydrogens is 661 g/mol. The van der Waals surface area contributed by atoms with Gasteiger partial charge >= 0.3 is 0 Å². The van der Waals surface area contributed by atoms with E-state index in [9.17, 15) is 0 Å². The Morgan fingerprint density at radius 2 is 1.00 bits per heavy atom. The van der Waals surface area contributed by atoms with Crippen LogP contribution in [0.5, 0.6) is 0 Å². The second-order valence-electron chi connectivity index (χ2n) is 13.6. The highest BCUT2D eigenvalue weighted by Gasteiger charge is 2.21. The first-order valence-corrected chi connectivity index (χ1v) is 18.1. The van der Waals surface area contributed by atoms with Gasteiger partial charge in [0, 0.05) is 43.9 Å². The Bertz CT molecular complexity index is 3140. The lowest BCUT2D eigenvalue weighted by Crippen LogP contribution is -2.00. The number of para-hydroxylation sites is 2. The summed E-state index contributed by atoms with van der Waals surface area (Å²) in [4.78, 5) is 15.2. The second-order valence-corrected chi connectivity index (χ2v) is 13.6. The average Bonchev–Trinajstić information content (AvgIpc) is 3.79. The standard InChI is InChI=1S/C49H30N4O/c1-4-14-32(15-5-1)47-50-48(33-16-6-2-7-17-33)52-49(51-47)39-24-13-19-31-18-12-23-36(44(31)39)34-26-28-41-40(30-34)45-42(53(41)35-20-8-3-9-21-35)29-27-38-37-22-10-11-25-43(37)54-46(38)45/h1-30H. The van der Waals surface area contributed by atoms with Gasteiger partial charge in [-0.05, 0) is 59.0 Å². The number of rotatable bonds is 5. The van der Waals surface area contributed by atoms with Gasteiger partial charge < -0.3 is 8.98 Å². The molecule has 3 heterocycles. The van der Waals surface area contributed by atoms with Gasteiger partial charge in [0.15, 0.2) is 17.5 Å². The fourth-order valence-corrected chi connectivity index (χ4v) is 8.01.